The highest BCUT2D eigenvalue weighted by Crippen LogP contribution is 2.29. The second-order valence-corrected chi connectivity index (χ2v) is 7.59. The predicted octanol–water partition coefficient (Wildman–Crippen LogP) is 2.69. The summed E-state index contributed by atoms with van der Waals surface area (Å²) < 4.78 is 2.97. The number of aromatic nitrogens is 2. The summed E-state index contributed by atoms with van der Waals surface area (Å²) in [5.41, 5.74) is 9.91. The molecule has 2 aromatic rings. The largest absolute Gasteiger partial charge is 0.336 e. The quantitative estimate of drug-likeness (QED) is 0.859. The van der Waals surface area contributed by atoms with E-state index in [9.17, 15) is 4.79 Å². The molecular weight excluding hydrogens is 368 g/mol. The van der Waals surface area contributed by atoms with Crippen LogP contribution in [0.15, 0.2) is 28.7 Å². The molecule has 1 aliphatic carbocycles. The molecule has 4 rings (SSSR count). The zero-order chi connectivity index (χ0) is 16.7. The summed E-state index contributed by atoms with van der Waals surface area (Å²) >= 11 is 3.52. The van der Waals surface area contributed by atoms with Crippen LogP contribution in [0.2, 0.25) is 0 Å². The number of carbonyl (C=O) groups is 1. The summed E-state index contributed by atoms with van der Waals surface area (Å²) in [5.74, 6) is 0.0369. The third-order valence-electron chi connectivity index (χ3n) is 4.95. The van der Waals surface area contributed by atoms with E-state index >= 15 is 0 Å². The smallest absolute Gasteiger partial charge is 0.274 e. The number of benzene rings is 1. The van der Waals surface area contributed by atoms with Gasteiger partial charge >= 0.3 is 0 Å². The highest BCUT2D eigenvalue weighted by Gasteiger charge is 2.31. The first-order chi connectivity index (χ1) is 11.6. The van der Waals surface area contributed by atoms with Crippen molar-refractivity contribution < 1.29 is 4.79 Å². The lowest BCUT2D eigenvalue weighted by Gasteiger charge is -2.17. The Kier molecular flexibility index (Phi) is 4.18. The Hall–Kier alpha value is -1.66. The number of amides is 1. The van der Waals surface area contributed by atoms with Gasteiger partial charge in [0.1, 0.15) is 0 Å². The maximum atomic E-state index is 13.0. The number of hydrogen-bond acceptors (Lipinski definition) is 3. The minimum Gasteiger partial charge on any atom is -0.336 e. The second kappa shape index (κ2) is 6.33. The Labute approximate surface area is 149 Å². The molecule has 5 nitrogen and oxygen atoms in total. The van der Waals surface area contributed by atoms with Crippen LogP contribution in [0.3, 0.4) is 0 Å². The average Bonchev–Trinajstić information content (AvgIpc) is 3.18. The van der Waals surface area contributed by atoms with E-state index in [0.717, 1.165) is 54.4 Å². The van der Waals surface area contributed by atoms with Crippen molar-refractivity contribution in [1.29, 1.82) is 0 Å². The van der Waals surface area contributed by atoms with E-state index in [4.69, 9.17) is 10.8 Å². The number of halogens is 1. The van der Waals surface area contributed by atoms with Crippen LogP contribution in [0.4, 0.5) is 0 Å². The first kappa shape index (κ1) is 15.8. The average molecular weight is 389 g/mol. The van der Waals surface area contributed by atoms with E-state index < -0.39 is 0 Å². The van der Waals surface area contributed by atoms with Crippen LogP contribution in [-0.2, 0) is 12.8 Å². The van der Waals surface area contributed by atoms with Gasteiger partial charge in [-0.05, 0) is 50.3 Å². The molecule has 0 spiro atoms. The van der Waals surface area contributed by atoms with Crippen LogP contribution in [0.25, 0.3) is 5.69 Å². The van der Waals surface area contributed by atoms with Crippen molar-refractivity contribution in [3.8, 4) is 5.69 Å². The molecule has 1 aromatic heterocycles. The van der Waals surface area contributed by atoms with Gasteiger partial charge in [0, 0.05) is 34.9 Å². The second-order valence-electron chi connectivity index (χ2n) is 6.67. The van der Waals surface area contributed by atoms with Gasteiger partial charge in [-0.25, -0.2) is 4.68 Å². The van der Waals surface area contributed by atoms with E-state index in [0.29, 0.717) is 12.2 Å². The molecule has 0 saturated carbocycles. The minimum absolute atomic E-state index is 0.0369. The molecule has 1 aromatic carbocycles. The van der Waals surface area contributed by atoms with Gasteiger partial charge in [0.2, 0.25) is 0 Å². The van der Waals surface area contributed by atoms with E-state index in [2.05, 4.69) is 15.9 Å². The van der Waals surface area contributed by atoms with Crippen molar-refractivity contribution >= 4 is 21.8 Å². The van der Waals surface area contributed by atoms with E-state index in [1.807, 2.05) is 33.8 Å². The van der Waals surface area contributed by atoms with Crippen LogP contribution >= 0.6 is 15.9 Å². The topological polar surface area (TPSA) is 64.2 Å². The Balaban J connectivity index is 1.77. The number of fused-ring (bicyclic) bond motifs is 1. The Bertz CT molecular complexity index is 785. The van der Waals surface area contributed by atoms with Gasteiger partial charge in [0.05, 0.1) is 5.69 Å². The highest BCUT2D eigenvalue weighted by atomic mass is 79.9. The van der Waals surface area contributed by atoms with Gasteiger partial charge in [-0.3, -0.25) is 4.79 Å². The molecule has 6 heteroatoms. The van der Waals surface area contributed by atoms with Crippen LogP contribution in [-0.4, -0.2) is 39.7 Å². The third-order valence-corrected chi connectivity index (χ3v) is 5.44. The maximum Gasteiger partial charge on any atom is 0.274 e. The molecule has 1 amide bonds. The fourth-order valence-corrected chi connectivity index (χ4v) is 4.10. The Morgan fingerprint density at radius 2 is 2.12 bits per heavy atom. The van der Waals surface area contributed by atoms with Crippen LogP contribution in [0.5, 0.6) is 0 Å². The number of rotatable bonds is 2. The standard InChI is InChI=1S/C18H21BrN4O/c19-12-4-3-5-14(10-12)23-16-7-2-1-6-15(16)17(21-23)18(24)22-9-8-13(20)11-22/h3-5,10,13H,1-2,6-9,11,20H2/t13-/m1/s1. The van der Waals surface area contributed by atoms with Gasteiger partial charge in [-0.2, -0.15) is 5.10 Å². The lowest BCUT2D eigenvalue weighted by molar-refractivity contribution is 0.0783. The van der Waals surface area contributed by atoms with Crippen molar-refractivity contribution in [3.63, 3.8) is 0 Å². The molecule has 1 saturated heterocycles. The van der Waals surface area contributed by atoms with E-state index in [1.54, 1.807) is 0 Å². The van der Waals surface area contributed by atoms with E-state index in [-0.39, 0.29) is 11.9 Å². The first-order valence-corrected chi connectivity index (χ1v) is 9.34. The maximum absolute atomic E-state index is 13.0. The minimum atomic E-state index is 0.0369. The predicted molar refractivity (Wildman–Crippen MR) is 96.4 cm³/mol. The summed E-state index contributed by atoms with van der Waals surface area (Å²) in [4.78, 5) is 14.8. The van der Waals surface area contributed by atoms with Crippen LogP contribution in [0, 0.1) is 0 Å². The summed E-state index contributed by atoms with van der Waals surface area (Å²) in [6, 6.07) is 8.17. The van der Waals surface area contributed by atoms with Gasteiger partial charge in [-0.15, -0.1) is 0 Å². The molecule has 24 heavy (non-hydrogen) atoms. The van der Waals surface area contributed by atoms with Gasteiger partial charge < -0.3 is 10.6 Å². The first-order valence-electron chi connectivity index (χ1n) is 8.55. The zero-order valence-corrected chi connectivity index (χ0v) is 15.1. The van der Waals surface area contributed by atoms with Gasteiger partial charge in [-0.1, -0.05) is 22.0 Å². The number of likely N-dealkylation sites (tertiary alicyclic amines) is 1. The molecule has 1 atom stereocenters. The molecule has 1 fully saturated rings. The summed E-state index contributed by atoms with van der Waals surface area (Å²) in [7, 11) is 0. The number of nitrogens with two attached hydrogens (primary N) is 1. The zero-order valence-electron chi connectivity index (χ0n) is 13.5. The summed E-state index contributed by atoms with van der Waals surface area (Å²) in [6.07, 6.45) is 5.05. The Morgan fingerprint density at radius 1 is 1.29 bits per heavy atom. The molecule has 0 unspecified atom stereocenters. The molecule has 126 valence electrons. The number of carbonyl (C=O) groups excluding carboxylic acids is 1. The lowest BCUT2D eigenvalue weighted by atomic mass is 9.95. The van der Waals surface area contributed by atoms with Gasteiger partial charge in [0.15, 0.2) is 5.69 Å². The van der Waals surface area contributed by atoms with Crippen molar-refractivity contribution in [3.05, 3.63) is 45.7 Å². The molecule has 2 heterocycles. The normalized spacial score (nSPS) is 20.2. The lowest BCUT2D eigenvalue weighted by Crippen LogP contribution is -2.32. The number of hydrogen-bond donors (Lipinski definition) is 1. The van der Waals surface area contributed by atoms with Crippen molar-refractivity contribution in [1.82, 2.24) is 14.7 Å². The number of nitrogens with zero attached hydrogens (tertiary/aromatic N) is 3. The molecular formula is C18H21BrN4O. The van der Waals surface area contributed by atoms with Crippen LogP contribution < -0.4 is 5.73 Å². The molecule has 0 radical (unpaired) electrons. The van der Waals surface area contributed by atoms with Crippen molar-refractivity contribution in [2.75, 3.05) is 13.1 Å². The van der Waals surface area contributed by atoms with Crippen LogP contribution in [0.1, 0.15) is 41.0 Å². The molecule has 2 N–H and O–H groups in total. The molecule has 0 bridgehead atoms. The monoisotopic (exact) mass is 388 g/mol. The fourth-order valence-electron chi connectivity index (χ4n) is 3.71. The summed E-state index contributed by atoms with van der Waals surface area (Å²) in [5, 5.41) is 4.74. The highest BCUT2D eigenvalue weighted by molar-refractivity contribution is 9.10. The molecule has 2 aliphatic rings. The third kappa shape index (κ3) is 2.78. The van der Waals surface area contributed by atoms with E-state index in [1.165, 1.54) is 5.69 Å². The fraction of sp³-hybridized carbons (Fsp3) is 0.444. The molecule has 1 aliphatic heterocycles. The summed E-state index contributed by atoms with van der Waals surface area (Å²) in [6.45, 7) is 1.37. The SMILES string of the molecule is N[C@@H]1CCN(C(=O)c2nn(-c3cccc(Br)c3)c3c2CCCC3)C1. The van der Waals surface area contributed by atoms with Gasteiger partial charge in [0.25, 0.3) is 5.91 Å². The Morgan fingerprint density at radius 3 is 2.88 bits per heavy atom. The van der Waals surface area contributed by atoms with Crippen molar-refractivity contribution in [2.24, 2.45) is 5.73 Å². The van der Waals surface area contributed by atoms with Crippen molar-refractivity contribution in [2.45, 2.75) is 38.1 Å².